The fourth-order valence-electron chi connectivity index (χ4n) is 4.02. The summed E-state index contributed by atoms with van der Waals surface area (Å²) in [5.74, 6) is 0.616. The Labute approximate surface area is 119 Å². The maximum atomic E-state index is 12.5. The van der Waals surface area contributed by atoms with E-state index in [0.29, 0.717) is 18.9 Å². The Bertz CT molecular complexity index is 553. The van der Waals surface area contributed by atoms with Gasteiger partial charge in [0.25, 0.3) is 0 Å². The van der Waals surface area contributed by atoms with Gasteiger partial charge in [-0.2, -0.15) is 0 Å². The lowest BCUT2D eigenvalue weighted by atomic mass is 9.78. The number of rotatable bonds is 1. The zero-order chi connectivity index (χ0) is 13.6. The molecule has 1 aromatic carbocycles. The average Bonchev–Trinajstić information content (AvgIpc) is 2.88. The van der Waals surface area contributed by atoms with Gasteiger partial charge in [0.2, 0.25) is 5.91 Å². The molecule has 1 aromatic rings. The van der Waals surface area contributed by atoms with Crippen LogP contribution in [0.25, 0.3) is 0 Å². The molecule has 3 heteroatoms. The van der Waals surface area contributed by atoms with Gasteiger partial charge in [-0.3, -0.25) is 4.79 Å². The van der Waals surface area contributed by atoms with Crippen molar-refractivity contribution in [2.24, 2.45) is 5.92 Å². The van der Waals surface area contributed by atoms with Crippen molar-refractivity contribution in [2.45, 2.75) is 37.5 Å². The molecule has 0 aromatic heterocycles. The van der Waals surface area contributed by atoms with Gasteiger partial charge < -0.3 is 9.64 Å². The highest BCUT2D eigenvalue weighted by molar-refractivity contribution is 5.79. The summed E-state index contributed by atoms with van der Waals surface area (Å²) in [7, 11) is 0. The van der Waals surface area contributed by atoms with Gasteiger partial charge in [-0.25, -0.2) is 0 Å². The second-order valence-corrected chi connectivity index (χ2v) is 5.96. The van der Waals surface area contributed by atoms with Crippen LogP contribution in [0.3, 0.4) is 0 Å². The molecule has 20 heavy (non-hydrogen) atoms. The van der Waals surface area contributed by atoms with Crippen LogP contribution in [0.2, 0.25) is 0 Å². The first-order chi connectivity index (χ1) is 9.81. The number of carbonyl (C=O) groups excluding carboxylic acids is 1. The van der Waals surface area contributed by atoms with Crippen molar-refractivity contribution < 1.29 is 9.53 Å². The Balaban J connectivity index is 1.76. The van der Waals surface area contributed by atoms with Crippen molar-refractivity contribution in [3.63, 3.8) is 0 Å². The summed E-state index contributed by atoms with van der Waals surface area (Å²) >= 11 is 0. The van der Waals surface area contributed by atoms with Gasteiger partial charge in [-0.05, 0) is 24.8 Å². The summed E-state index contributed by atoms with van der Waals surface area (Å²) in [4.78, 5) is 14.6. The maximum absolute atomic E-state index is 12.5. The fourth-order valence-corrected chi connectivity index (χ4v) is 4.02. The van der Waals surface area contributed by atoms with Gasteiger partial charge in [0.05, 0.1) is 12.6 Å². The molecule has 3 atom stereocenters. The third-order valence-corrected chi connectivity index (χ3v) is 4.95. The molecule has 1 amide bonds. The Hall–Kier alpha value is -1.61. The minimum Gasteiger partial charge on any atom is -0.352 e. The predicted molar refractivity (Wildman–Crippen MR) is 75.8 cm³/mol. The SMILES string of the molecule is O=C1CC[C@H]2C=CCC[C@]23OC[C@@H](c2ccccc2)N13. The van der Waals surface area contributed by atoms with Crippen molar-refractivity contribution >= 4 is 5.91 Å². The summed E-state index contributed by atoms with van der Waals surface area (Å²) in [6, 6.07) is 10.4. The van der Waals surface area contributed by atoms with Crippen LogP contribution in [-0.2, 0) is 9.53 Å². The van der Waals surface area contributed by atoms with Gasteiger partial charge >= 0.3 is 0 Å². The molecule has 0 N–H and O–H groups in total. The van der Waals surface area contributed by atoms with Gasteiger partial charge in [-0.15, -0.1) is 0 Å². The Morgan fingerprint density at radius 1 is 1.25 bits per heavy atom. The zero-order valence-corrected chi connectivity index (χ0v) is 11.5. The van der Waals surface area contributed by atoms with E-state index in [-0.39, 0.29) is 17.7 Å². The monoisotopic (exact) mass is 269 g/mol. The molecule has 104 valence electrons. The Morgan fingerprint density at radius 3 is 2.95 bits per heavy atom. The van der Waals surface area contributed by atoms with E-state index in [1.807, 2.05) is 18.2 Å². The highest BCUT2D eigenvalue weighted by Crippen LogP contribution is 2.50. The highest BCUT2D eigenvalue weighted by atomic mass is 16.5. The maximum Gasteiger partial charge on any atom is 0.225 e. The normalized spacial score (nSPS) is 35.8. The van der Waals surface area contributed by atoms with Crippen LogP contribution in [-0.4, -0.2) is 23.1 Å². The molecule has 2 heterocycles. The number of hydrogen-bond donors (Lipinski definition) is 0. The molecular weight excluding hydrogens is 250 g/mol. The lowest BCUT2D eigenvalue weighted by Crippen LogP contribution is -2.57. The van der Waals surface area contributed by atoms with Gasteiger partial charge in [0.1, 0.15) is 0 Å². The minimum atomic E-state index is -0.370. The second kappa shape index (κ2) is 4.45. The molecule has 3 aliphatic rings. The van der Waals surface area contributed by atoms with Gasteiger partial charge in [0.15, 0.2) is 5.72 Å². The first kappa shape index (κ1) is 12.2. The van der Waals surface area contributed by atoms with E-state index in [4.69, 9.17) is 4.74 Å². The molecule has 3 nitrogen and oxygen atoms in total. The summed E-state index contributed by atoms with van der Waals surface area (Å²) in [5, 5.41) is 0. The van der Waals surface area contributed by atoms with Crippen molar-refractivity contribution in [1.82, 2.24) is 4.90 Å². The Kier molecular flexibility index (Phi) is 2.71. The van der Waals surface area contributed by atoms with Crippen LogP contribution in [0.1, 0.15) is 37.3 Å². The lowest BCUT2D eigenvalue weighted by molar-refractivity contribution is -0.173. The number of hydrogen-bond acceptors (Lipinski definition) is 2. The van der Waals surface area contributed by atoms with E-state index in [1.54, 1.807) is 0 Å². The van der Waals surface area contributed by atoms with E-state index in [9.17, 15) is 4.79 Å². The van der Waals surface area contributed by atoms with Crippen LogP contribution < -0.4 is 0 Å². The average molecular weight is 269 g/mol. The molecular formula is C17H19NO2. The molecule has 1 aliphatic carbocycles. The number of piperidine rings is 1. The fraction of sp³-hybridized carbons (Fsp3) is 0.471. The molecule has 2 saturated heterocycles. The summed E-state index contributed by atoms with van der Waals surface area (Å²) in [6.45, 7) is 0.625. The summed E-state index contributed by atoms with van der Waals surface area (Å²) in [6.07, 6.45) is 8.00. The largest absolute Gasteiger partial charge is 0.352 e. The van der Waals surface area contributed by atoms with Crippen molar-refractivity contribution in [2.75, 3.05) is 6.61 Å². The van der Waals surface area contributed by atoms with Crippen LogP contribution in [0.5, 0.6) is 0 Å². The van der Waals surface area contributed by atoms with Crippen molar-refractivity contribution in [3.8, 4) is 0 Å². The first-order valence-electron chi connectivity index (χ1n) is 7.49. The van der Waals surface area contributed by atoms with Gasteiger partial charge in [0, 0.05) is 12.3 Å². The predicted octanol–water partition coefficient (Wildman–Crippen LogP) is 3.04. The van der Waals surface area contributed by atoms with E-state index in [1.165, 1.54) is 5.56 Å². The minimum absolute atomic E-state index is 0.0815. The summed E-state index contributed by atoms with van der Waals surface area (Å²) in [5.41, 5.74) is 0.817. The van der Waals surface area contributed by atoms with E-state index < -0.39 is 0 Å². The van der Waals surface area contributed by atoms with Crippen LogP contribution in [0, 0.1) is 5.92 Å². The van der Waals surface area contributed by atoms with Crippen molar-refractivity contribution in [3.05, 3.63) is 48.0 Å². The highest BCUT2D eigenvalue weighted by Gasteiger charge is 2.56. The lowest BCUT2D eigenvalue weighted by Gasteiger charge is -2.48. The molecule has 0 radical (unpaired) electrons. The van der Waals surface area contributed by atoms with Crippen LogP contribution in [0.15, 0.2) is 42.5 Å². The second-order valence-electron chi connectivity index (χ2n) is 5.96. The number of nitrogens with zero attached hydrogens (tertiary/aromatic N) is 1. The van der Waals surface area contributed by atoms with Crippen LogP contribution >= 0.6 is 0 Å². The molecule has 0 unspecified atom stereocenters. The number of carbonyl (C=O) groups is 1. The molecule has 0 saturated carbocycles. The molecule has 4 rings (SSSR count). The number of benzene rings is 1. The van der Waals surface area contributed by atoms with E-state index in [0.717, 1.165) is 19.3 Å². The Morgan fingerprint density at radius 2 is 2.10 bits per heavy atom. The molecule has 2 aliphatic heterocycles. The van der Waals surface area contributed by atoms with Gasteiger partial charge in [-0.1, -0.05) is 42.5 Å². The summed E-state index contributed by atoms with van der Waals surface area (Å²) < 4.78 is 6.24. The van der Waals surface area contributed by atoms with E-state index >= 15 is 0 Å². The third kappa shape index (κ3) is 1.59. The quantitative estimate of drug-likeness (QED) is 0.733. The first-order valence-corrected chi connectivity index (χ1v) is 7.49. The van der Waals surface area contributed by atoms with E-state index in [2.05, 4.69) is 29.2 Å². The van der Waals surface area contributed by atoms with Crippen molar-refractivity contribution in [1.29, 1.82) is 0 Å². The molecule has 2 fully saturated rings. The molecule has 0 bridgehead atoms. The number of ether oxygens (including phenoxy) is 1. The topological polar surface area (TPSA) is 29.5 Å². The third-order valence-electron chi connectivity index (χ3n) is 4.95. The zero-order valence-electron chi connectivity index (χ0n) is 11.5. The number of amides is 1. The number of allylic oxidation sites excluding steroid dienone is 1. The smallest absolute Gasteiger partial charge is 0.225 e. The van der Waals surface area contributed by atoms with Crippen LogP contribution in [0.4, 0.5) is 0 Å². The molecule has 1 spiro atoms. The standard InChI is InChI=1S/C17H19NO2/c19-16-10-9-14-8-4-5-11-17(14)18(16)15(12-20-17)13-6-2-1-3-7-13/h1-4,6-8,14-15H,5,9-12H2/t14-,15+,17+/m1/s1.